The van der Waals surface area contributed by atoms with Crippen molar-refractivity contribution >= 4 is 12.0 Å². The third kappa shape index (κ3) is 4.48. The fraction of sp³-hybridized carbons (Fsp3) is 0.526. The highest BCUT2D eigenvalue weighted by Crippen LogP contribution is 2.29. The summed E-state index contributed by atoms with van der Waals surface area (Å²) in [5.41, 5.74) is 1.80. The molecule has 8 heteroatoms. The summed E-state index contributed by atoms with van der Waals surface area (Å²) < 4.78 is 27.5. The minimum Gasteiger partial charge on any atom is -0.489 e. The number of methoxy groups -OCH3 is 1. The zero-order valence-corrected chi connectivity index (χ0v) is 15.2. The van der Waals surface area contributed by atoms with Crippen molar-refractivity contribution in [3.8, 4) is 5.75 Å². The first-order valence-corrected chi connectivity index (χ1v) is 8.70. The molecule has 0 radical (unpaired) electrons. The summed E-state index contributed by atoms with van der Waals surface area (Å²) in [4.78, 5) is 11.5. The van der Waals surface area contributed by atoms with Gasteiger partial charge in [0.25, 0.3) is 0 Å². The van der Waals surface area contributed by atoms with Gasteiger partial charge in [0.1, 0.15) is 30.7 Å². The van der Waals surface area contributed by atoms with Crippen molar-refractivity contribution in [2.24, 2.45) is 0 Å². The predicted octanol–water partition coefficient (Wildman–Crippen LogP) is 0.504. The Balaban J connectivity index is 1.75. The van der Waals surface area contributed by atoms with Crippen LogP contribution in [0.4, 0.5) is 0 Å². The van der Waals surface area contributed by atoms with Gasteiger partial charge in [0.15, 0.2) is 12.4 Å². The van der Waals surface area contributed by atoms with Gasteiger partial charge in [0.05, 0.1) is 13.2 Å². The average Bonchev–Trinajstić information content (AvgIpc) is 2.67. The minimum atomic E-state index is -1.19. The van der Waals surface area contributed by atoms with Gasteiger partial charge in [-0.25, -0.2) is 0 Å². The Labute approximate surface area is 157 Å². The number of carbonyl (C=O) groups is 1. The zero-order chi connectivity index (χ0) is 19.4. The Bertz CT molecular complexity index is 688. The highest BCUT2D eigenvalue weighted by Gasteiger charge is 2.48. The van der Waals surface area contributed by atoms with Crippen LogP contribution in [0, 0.1) is 0 Å². The molecule has 1 saturated heterocycles. The summed E-state index contributed by atoms with van der Waals surface area (Å²) in [6, 6.07) is 7.63. The number of esters is 1. The molecule has 2 heterocycles. The van der Waals surface area contributed by atoms with Gasteiger partial charge in [0.2, 0.25) is 0 Å². The van der Waals surface area contributed by atoms with E-state index in [9.17, 15) is 15.0 Å². The first-order valence-electron chi connectivity index (χ1n) is 8.70. The number of carbonyl (C=O) groups excluding carboxylic acids is 1. The summed E-state index contributed by atoms with van der Waals surface area (Å²) in [7, 11) is 1.39. The first kappa shape index (κ1) is 19.8. The molecule has 2 N–H and O–H groups in total. The molecule has 0 saturated carbocycles. The van der Waals surface area contributed by atoms with E-state index in [1.54, 1.807) is 0 Å². The standard InChI is InChI=1S/C19H24O8/c1-11(21)26-18-17(16(22)15(8-20)27-19(18)23-2)25-10-12-7-13-5-3-4-6-14(13)24-9-12/h3-7,15-20,22H,8-10H2,1-2H3/t15-,16-,17+,18-,19+/m1/s1. The number of fused-ring (bicyclic) bond motifs is 1. The second kappa shape index (κ2) is 8.81. The van der Waals surface area contributed by atoms with Gasteiger partial charge in [-0.1, -0.05) is 18.2 Å². The lowest BCUT2D eigenvalue weighted by atomic mass is 9.98. The van der Waals surface area contributed by atoms with Crippen molar-refractivity contribution in [3.05, 3.63) is 35.4 Å². The van der Waals surface area contributed by atoms with Crippen LogP contribution >= 0.6 is 0 Å². The van der Waals surface area contributed by atoms with Crippen LogP contribution in [0.2, 0.25) is 0 Å². The molecule has 2 aliphatic heterocycles. The molecule has 3 rings (SSSR count). The molecule has 1 fully saturated rings. The molecule has 1 aromatic rings. The number of benzene rings is 1. The molecule has 148 valence electrons. The van der Waals surface area contributed by atoms with E-state index in [2.05, 4.69) is 0 Å². The number of aliphatic hydroxyl groups excluding tert-OH is 2. The number of para-hydroxylation sites is 1. The van der Waals surface area contributed by atoms with E-state index in [0.29, 0.717) is 6.61 Å². The second-order valence-electron chi connectivity index (χ2n) is 6.43. The largest absolute Gasteiger partial charge is 0.489 e. The Kier molecular flexibility index (Phi) is 6.46. The van der Waals surface area contributed by atoms with E-state index in [-0.39, 0.29) is 6.61 Å². The number of hydrogen-bond acceptors (Lipinski definition) is 8. The van der Waals surface area contributed by atoms with Crippen LogP contribution in [0.5, 0.6) is 5.75 Å². The van der Waals surface area contributed by atoms with Crippen LogP contribution in [-0.2, 0) is 23.7 Å². The maximum absolute atomic E-state index is 11.5. The summed E-state index contributed by atoms with van der Waals surface area (Å²) in [5.74, 6) is 0.243. The first-order chi connectivity index (χ1) is 13.0. The van der Waals surface area contributed by atoms with Crippen molar-refractivity contribution in [2.75, 3.05) is 26.9 Å². The lowest BCUT2D eigenvalue weighted by Gasteiger charge is -2.42. The predicted molar refractivity (Wildman–Crippen MR) is 94.0 cm³/mol. The van der Waals surface area contributed by atoms with E-state index in [4.69, 9.17) is 23.7 Å². The molecule has 0 unspecified atom stereocenters. The van der Waals surface area contributed by atoms with Crippen LogP contribution in [0.3, 0.4) is 0 Å². The van der Waals surface area contributed by atoms with E-state index >= 15 is 0 Å². The fourth-order valence-electron chi connectivity index (χ4n) is 3.19. The number of aliphatic hydroxyl groups is 2. The lowest BCUT2D eigenvalue weighted by molar-refractivity contribution is -0.303. The van der Waals surface area contributed by atoms with Crippen LogP contribution < -0.4 is 4.74 Å². The van der Waals surface area contributed by atoms with Gasteiger partial charge in [0, 0.05) is 19.6 Å². The van der Waals surface area contributed by atoms with Crippen LogP contribution in [0.25, 0.3) is 6.08 Å². The second-order valence-corrected chi connectivity index (χ2v) is 6.43. The average molecular weight is 380 g/mol. The third-order valence-electron chi connectivity index (χ3n) is 4.49. The van der Waals surface area contributed by atoms with E-state index in [0.717, 1.165) is 16.9 Å². The zero-order valence-electron chi connectivity index (χ0n) is 15.2. The van der Waals surface area contributed by atoms with E-state index < -0.39 is 43.3 Å². The summed E-state index contributed by atoms with van der Waals surface area (Å²) >= 11 is 0. The number of rotatable bonds is 6. The van der Waals surface area contributed by atoms with Gasteiger partial charge in [-0.3, -0.25) is 4.79 Å². The number of hydrogen-bond donors (Lipinski definition) is 2. The quantitative estimate of drug-likeness (QED) is 0.688. The van der Waals surface area contributed by atoms with Crippen molar-refractivity contribution in [1.29, 1.82) is 0 Å². The minimum absolute atomic E-state index is 0.155. The molecular weight excluding hydrogens is 356 g/mol. The molecule has 0 aromatic heterocycles. The summed E-state index contributed by atoms with van der Waals surface area (Å²) in [6.45, 7) is 1.34. The Morgan fingerprint density at radius 3 is 2.78 bits per heavy atom. The number of ether oxygens (including phenoxy) is 5. The molecule has 0 bridgehead atoms. The lowest BCUT2D eigenvalue weighted by Crippen LogP contribution is -2.61. The van der Waals surface area contributed by atoms with E-state index in [1.807, 2.05) is 30.3 Å². The Morgan fingerprint density at radius 1 is 1.30 bits per heavy atom. The molecule has 27 heavy (non-hydrogen) atoms. The maximum atomic E-state index is 11.5. The Hall–Kier alpha value is -1.97. The summed E-state index contributed by atoms with van der Waals surface area (Å²) in [5, 5.41) is 20.0. The summed E-state index contributed by atoms with van der Waals surface area (Å²) in [6.07, 6.45) is -3.00. The molecule has 5 atom stereocenters. The van der Waals surface area contributed by atoms with Gasteiger partial charge in [-0.05, 0) is 17.7 Å². The molecular formula is C19H24O8. The normalized spacial score (nSPS) is 30.1. The Morgan fingerprint density at radius 2 is 2.07 bits per heavy atom. The van der Waals surface area contributed by atoms with Gasteiger partial charge < -0.3 is 33.9 Å². The monoisotopic (exact) mass is 380 g/mol. The molecule has 0 spiro atoms. The molecule has 0 aliphatic carbocycles. The van der Waals surface area contributed by atoms with Crippen molar-refractivity contribution in [1.82, 2.24) is 0 Å². The maximum Gasteiger partial charge on any atom is 0.303 e. The molecule has 2 aliphatic rings. The molecule has 0 amide bonds. The highest BCUT2D eigenvalue weighted by atomic mass is 16.7. The van der Waals surface area contributed by atoms with Crippen LogP contribution in [-0.4, -0.2) is 73.8 Å². The third-order valence-corrected chi connectivity index (χ3v) is 4.49. The van der Waals surface area contributed by atoms with Crippen molar-refractivity contribution in [2.45, 2.75) is 37.6 Å². The molecule has 8 nitrogen and oxygen atoms in total. The SMILES string of the molecule is CO[C@H]1O[C@H](CO)[C@@H](O)[C@H](OCC2=Cc3ccccc3OC2)[C@H]1OC(C)=O. The van der Waals surface area contributed by atoms with Crippen molar-refractivity contribution < 1.29 is 38.7 Å². The van der Waals surface area contributed by atoms with Gasteiger partial charge >= 0.3 is 5.97 Å². The van der Waals surface area contributed by atoms with Crippen LogP contribution in [0.1, 0.15) is 12.5 Å². The van der Waals surface area contributed by atoms with E-state index in [1.165, 1.54) is 14.0 Å². The van der Waals surface area contributed by atoms with Gasteiger partial charge in [-0.2, -0.15) is 0 Å². The molecule has 1 aromatic carbocycles. The fourth-order valence-corrected chi connectivity index (χ4v) is 3.19. The highest BCUT2D eigenvalue weighted by molar-refractivity contribution is 5.66. The van der Waals surface area contributed by atoms with Gasteiger partial charge in [-0.15, -0.1) is 0 Å². The topological polar surface area (TPSA) is 104 Å². The van der Waals surface area contributed by atoms with Crippen molar-refractivity contribution in [3.63, 3.8) is 0 Å². The smallest absolute Gasteiger partial charge is 0.303 e. The van der Waals surface area contributed by atoms with Crippen LogP contribution in [0.15, 0.2) is 29.8 Å².